The molecule has 0 saturated heterocycles. The van der Waals surface area contributed by atoms with Crippen LogP contribution in [0.3, 0.4) is 0 Å². The summed E-state index contributed by atoms with van der Waals surface area (Å²) in [4.78, 5) is 17.1. The minimum Gasteiger partial charge on any atom is -0.480 e. The Kier molecular flexibility index (Phi) is 5.54. The van der Waals surface area contributed by atoms with Gasteiger partial charge in [0.2, 0.25) is 11.8 Å². The number of aromatic nitrogens is 2. The van der Waals surface area contributed by atoms with Crippen LogP contribution in [0.2, 0.25) is 0 Å². The van der Waals surface area contributed by atoms with E-state index < -0.39 is 0 Å². The van der Waals surface area contributed by atoms with Gasteiger partial charge in [-0.1, -0.05) is 0 Å². The van der Waals surface area contributed by atoms with E-state index in [-0.39, 0.29) is 11.9 Å². The van der Waals surface area contributed by atoms with E-state index in [0.29, 0.717) is 25.6 Å². The zero-order valence-corrected chi connectivity index (χ0v) is 13.2. The molecular formula is C13H20N4O3S. The van der Waals surface area contributed by atoms with Crippen LogP contribution in [-0.4, -0.2) is 48.7 Å². The Morgan fingerprint density at radius 2 is 2.33 bits per heavy atom. The molecule has 0 radical (unpaired) electrons. The van der Waals surface area contributed by atoms with Gasteiger partial charge in [-0.3, -0.25) is 9.20 Å². The Bertz CT molecular complexity index is 595. The van der Waals surface area contributed by atoms with Gasteiger partial charge in [0, 0.05) is 31.8 Å². The van der Waals surface area contributed by atoms with E-state index in [4.69, 9.17) is 9.47 Å². The molecule has 0 aliphatic heterocycles. The molecule has 0 spiro atoms. The first kappa shape index (κ1) is 15.7. The normalized spacial score (nSPS) is 12.5. The number of rotatable bonds is 8. The molecule has 8 heteroatoms. The van der Waals surface area contributed by atoms with Gasteiger partial charge >= 0.3 is 0 Å². The number of hydrogen-bond donors (Lipinski definition) is 2. The highest BCUT2D eigenvalue weighted by Gasteiger charge is 2.17. The van der Waals surface area contributed by atoms with Crippen molar-refractivity contribution in [2.45, 2.75) is 19.5 Å². The van der Waals surface area contributed by atoms with E-state index in [0.717, 1.165) is 10.7 Å². The largest absolute Gasteiger partial charge is 0.480 e. The van der Waals surface area contributed by atoms with Crippen LogP contribution in [0.1, 0.15) is 12.6 Å². The molecule has 2 aromatic heterocycles. The molecule has 0 aliphatic rings. The van der Waals surface area contributed by atoms with Gasteiger partial charge < -0.3 is 20.1 Å². The van der Waals surface area contributed by atoms with Gasteiger partial charge in [-0.15, -0.1) is 11.3 Å². The van der Waals surface area contributed by atoms with Crippen molar-refractivity contribution in [2.24, 2.45) is 0 Å². The molecule has 0 saturated carbocycles. The summed E-state index contributed by atoms with van der Waals surface area (Å²) in [6.07, 6.45) is 1.94. The number of nitrogens with one attached hydrogen (secondary N) is 2. The number of ether oxygens (including phenoxy) is 2. The fraction of sp³-hybridized carbons (Fsp3) is 0.538. The van der Waals surface area contributed by atoms with Gasteiger partial charge in [-0.05, 0) is 6.92 Å². The first-order chi connectivity index (χ1) is 10.2. The zero-order chi connectivity index (χ0) is 15.2. The number of nitrogens with zero attached hydrogens (tertiary/aromatic N) is 2. The predicted molar refractivity (Wildman–Crippen MR) is 80.8 cm³/mol. The highest BCUT2D eigenvalue weighted by atomic mass is 32.1. The minimum absolute atomic E-state index is 0.0582. The second kappa shape index (κ2) is 7.39. The maximum absolute atomic E-state index is 11.9. The van der Waals surface area contributed by atoms with Gasteiger partial charge in [0.05, 0.1) is 19.8 Å². The van der Waals surface area contributed by atoms with E-state index in [2.05, 4.69) is 15.6 Å². The van der Waals surface area contributed by atoms with Gasteiger partial charge in [0.1, 0.15) is 5.69 Å². The van der Waals surface area contributed by atoms with E-state index in [1.54, 1.807) is 25.6 Å². The molecule has 116 valence electrons. The van der Waals surface area contributed by atoms with Gasteiger partial charge in [0.15, 0.2) is 4.96 Å². The van der Waals surface area contributed by atoms with Crippen LogP contribution < -0.4 is 15.4 Å². The molecule has 0 aromatic carbocycles. The standard InChI is InChI=1S/C13H20N4O3S/c1-9(11(18)14-4-6-19-2)15-8-10-12(20-3)16-13-17(10)5-7-21-13/h5,7,9,15H,4,6,8H2,1-3H3,(H,14,18). The molecule has 0 fully saturated rings. The average molecular weight is 312 g/mol. The lowest BCUT2D eigenvalue weighted by Crippen LogP contribution is -2.43. The summed E-state index contributed by atoms with van der Waals surface area (Å²) in [7, 11) is 3.20. The first-order valence-electron chi connectivity index (χ1n) is 6.65. The lowest BCUT2D eigenvalue weighted by molar-refractivity contribution is -0.123. The molecule has 1 unspecified atom stereocenters. The fourth-order valence-corrected chi connectivity index (χ4v) is 2.63. The van der Waals surface area contributed by atoms with Crippen molar-refractivity contribution in [3.63, 3.8) is 0 Å². The Morgan fingerprint density at radius 3 is 3.05 bits per heavy atom. The van der Waals surface area contributed by atoms with Crippen molar-refractivity contribution in [2.75, 3.05) is 27.4 Å². The second-order valence-electron chi connectivity index (χ2n) is 4.51. The van der Waals surface area contributed by atoms with Gasteiger partial charge in [-0.25, -0.2) is 0 Å². The molecular weight excluding hydrogens is 292 g/mol. The fourth-order valence-electron chi connectivity index (χ4n) is 1.91. The number of methoxy groups -OCH3 is 2. The first-order valence-corrected chi connectivity index (χ1v) is 7.53. The number of amides is 1. The van der Waals surface area contributed by atoms with Gasteiger partial charge in [0.25, 0.3) is 0 Å². The zero-order valence-electron chi connectivity index (χ0n) is 12.4. The van der Waals surface area contributed by atoms with Crippen molar-refractivity contribution < 1.29 is 14.3 Å². The summed E-state index contributed by atoms with van der Waals surface area (Å²) in [5, 5.41) is 7.94. The number of carbonyl (C=O) groups is 1. The van der Waals surface area contributed by atoms with E-state index in [9.17, 15) is 4.79 Å². The van der Waals surface area contributed by atoms with Crippen LogP contribution in [-0.2, 0) is 16.1 Å². The SMILES string of the molecule is COCCNC(=O)C(C)NCc1c(OC)nc2sccn12. The minimum atomic E-state index is -0.309. The van der Waals surface area contributed by atoms with Crippen LogP contribution in [0.25, 0.3) is 4.96 Å². The quantitative estimate of drug-likeness (QED) is 0.700. The molecule has 21 heavy (non-hydrogen) atoms. The number of thiazole rings is 1. The van der Waals surface area contributed by atoms with Crippen LogP contribution >= 0.6 is 11.3 Å². The third-order valence-electron chi connectivity index (χ3n) is 3.09. The molecule has 2 rings (SSSR count). The Morgan fingerprint density at radius 1 is 1.52 bits per heavy atom. The van der Waals surface area contributed by atoms with Crippen LogP contribution in [0.15, 0.2) is 11.6 Å². The van der Waals surface area contributed by atoms with Gasteiger partial charge in [-0.2, -0.15) is 4.98 Å². The number of hydrogen-bond acceptors (Lipinski definition) is 6. The highest BCUT2D eigenvalue weighted by molar-refractivity contribution is 7.15. The molecule has 0 aliphatic carbocycles. The summed E-state index contributed by atoms with van der Waals surface area (Å²) in [5.41, 5.74) is 0.908. The Hall–Kier alpha value is -1.64. The highest BCUT2D eigenvalue weighted by Crippen LogP contribution is 2.22. The average Bonchev–Trinajstić information content (AvgIpc) is 3.05. The number of imidazole rings is 1. The lowest BCUT2D eigenvalue weighted by atomic mass is 10.3. The maximum atomic E-state index is 11.9. The molecule has 7 nitrogen and oxygen atoms in total. The maximum Gasteiger partial charge on any atom is 0.237 e. The Labute approximate surface area is 127 Å². The monoisotopic (exact) mass is 312 g/mol. The van der Waals surface area contributed by atoms with Crippen LogP contribution in [0.4, 0.5) is 0 Å². The second-order valence-corrected chi connectivity index (χ2v) is 5.38. The summed E-state index contributed by atoms with van der Waals surface area (Å²) >= 11 is 1.54. The summed E-state index contributed by atoms with van der Waals surface area (Å²) in [6.45, 7) is 3.33. The van der Waals surface area contributed by atoms with E-state index in [1.165, 1.54) is 0 Å². The number of carbonyl (C=O) groups excluding carboxylic acids is 1. The molecule has 1 amide bonds. The van der Waals surface area contributed by atoms with Crippen molar-refractivity contribution >= 4 is 22.2 Å². The van der Waals surface area contributed by atoms with Crippen LogP contribution in [0.5, 0.6) is 5.88 Å². The van der Waals surface area contributed by atoms with Crippen molar-refractivity contribution in [3.8, 4) is 5.88 Å². The topological polar surface area (TPSA) is 76.9 Å². The molecule has 2 aromatic rings. The Balaban J connectivity index is 1.94. The molecule has 2 N–H and O–H groups in total. The predicted octanol–water partition coefficient (Wildman–Crippen LogP) is 0.645. The molecule has 1 atom stereocenters. The molecule has 0 bridgehead atoms. The summed E-state index contributed by atoms with van der Waals surface area (Å²) in [5.74, 6) is 0.526. The number of fused-ring (bicyclic) bond motifs is 1. The van der Waals surface area contributed by atoms with E-state index >= 15 is 0 Å². The van der Waals surface area contributed by atoms with Crippen molar-refractivity contribution in [1.29, 1.82) is 0 Å². The smallest absolute Gasteiger partial charge is 0.237 e. The van der Waals surface area contributed by atoms with E-state index in [1.807, 2.05) is 22.9 Å². The third kappa shape index (κ3) is 3.72. The van der Waals surface area contributed by atoms with Crippen LogP contribution in [0, 0.1) is 0 Å². The lowest BCUT2D eigenvalue weighted by Gasteiger charge is -2.14. The third-order valence-corrected chi connectivity index (χ3v) is 3.85. The summed E-state index contributed by atoms with van der Waals surface area (Å²) in [6, 6.07) is -0.309. The molecule has 2 heterocycles. The summed E-state index contributed by atoms with van der Waals surface area (Å²) < 4.78 is 12.1. The van der Waals surface area contributed by atoms with Crippen molar-refractivity contribution in [1.82, 2.24) is 20.0 Å². The van der Waals surface area contributed by atoms with Crippen molar-refractivity contribution in [3.05, 3.63) is 17.3 Å².